The lowest BCUT2D eigenvalue weighted by molar-refractivity contribution is -0.133. The summed E-state index contributed by atoms with van der Waals surface area (Å²) in [6, 6.07) is 8.44. The Labute approximate surface area is 176 Å². The van der Waals surface area contributed by atoms with E-state index in [1.807, 2.05) is 30.9 Å². The lowest BCUT2D eigenvalue weighted by Gasteiger charge is -2.41. The van der Waals surface area contributed by atoms with Gasteiger partial charge in [-0.2, -0.15) is 0 Å². The molecule has 3 rings (SSSR count). The highest BCUT2D eigenvalue weighted by atomic mass is 79.9. The van der Waals surface area contributed by atoms with E-state index in [9.17, 15) is 9.59 Å². The third-order valence-electron chi connectivity index (χ3n) is 5.64. The van der Waals surface area contributed by atoms with Gasteiger partial charge in [0, 0.05) is 42.3 Å². The molecule has 0 aromatic heterocycles. The van der Waals surface area contributed by atoms with Crippen LogP contribution in [0.25, 0.3) is 0 Å². The number of carbonyl (C=O) groups is 2. The molecule has 4 N–H and O–H groups in total. The van der Waals surface area contributed by atoms with Crippen molar-refractivity contribution in [3.63, 3.8) is 0 Å². The van der Waals surface area contributed by atoms with Crippen LogP contribution in [0.1, 0.15) is 46.5 Å². The Morgan fingerprint density at radius 2 is 1.93 bits per heavy atom. The number of benzene rings is 1. The number of nitrogens with two attached hydrogens (primary N) is 2. The Hall–Kier alpha value is -1.60. The van der Waals surface area contributed by atoms with Gasteiger partial charge in [0.15, 0.2) is 0 Å². The Morgan fingerprint density at radius 1 is 1.25 bits per heavy atom. The number of hydrogen-bond acceptors (Lipinski definition) is 4. The molecule has 1 unspecified atom stereocenters. The number of primary amides is 1. The lowest BCUT2D eigenvalue weighted by atomic mass is 9.88. The van der Waals surface area contributed by atoms with E-state index in [2.05, 4.69) is 39.9 Å². The summed E-state index contributed by atoms with van der Waals surface area (Å²) in [7, 11) is 0. The molecule has 0 bridgehead atoms. The molecule has 7 heteroatoms. The van der Waals surface area contributed by atoms with Crippen molar-refractivity contribution < 1.29 is 9.59 Å². The molecular formula is C21H33BrN4O2. The summed E-state index contributed by atoms with van der Waals surface area (Å²) in [5.41, 5.74) is 11.8. The van der Waals surface area contributed by atoms with E-state index in [-0.39, 0.29) is 24.3 Å². The van der Waals surface area contributed by atoms with Crippen LogP contribution in [0.15, 0.2) is 28.7 Å². The monoisotopic (exact) mass is 452 g/mol. The van der Waals surface area contributed by atoms with Gasteiger partial charge in [-0.25, -0.2) is 0 Å². The third kappa shape index (κ3) is 5.26. The van der Waals surface area contributed by atoms with E-state index in [4.69, 9.17) is 11.5 Å². The average Bonchev–Trinajstić information content (AvgIpc) is 3.53. The standard InChI is InChI=1S/C19H27BrN4O2.C2H6/c1-13-12-23(9-10-24(13)16-4-2-3-15(20)11-16)17(25)7-8-19(22,18(21)26)14-5-6-14;1-2/h2-4,11,13-14H,5-10,12,22H2,1H3,(H2,21,26);1-2H3/t13-,19?;/m0./s1. The fourth-order valence-electron chi connectivity index (χ4n) is 3.82. The molecule has 1 saturated heterocycles. The summed E-state index contributed by atoms with van der Waals surface area (Å²) in [6.45, 7) is 8.26. The number of anilines is 1. The number of rotatable bonds is 6. The first-order chi connectivity index (χ1) is 13.3. The van der Waals surface area contributed by atoms with Crippen LogP contribution in [0.3, 0.4) is 0 Å². The first kappa shape index (κ1) is 22.7. The van der Waals surface area contributed by atoms with Crippen molar-refractivity contribution in [1.82, 2.24) is 4.90 Å². The van der Waals surface area contributed by atoms with Gasteiger partial charge in [-0.3, -0.25) is 9.59 Å². The molecule has 1 aromatic carbocycles. The highest BCUT2D eigenvalue weighted by molar-refractivity contribution is 9.10. The number of halogens is 1. The quantitative estimate of drug-likeness (QED) is 0.693. The molecule has 1 aliphatic carbocycles. The van der Waals surface area contributed by atoms with Crippen LogP contribution in [0, 0.1) is 5.92 Å². The molecule has 156 valence electrons. The fraction of sp³-hybridized carbons (Fsp3) is 0.619. The second kappa shape index (κ2) is 9.74. The molecule has 28 heavy (non-hydrogen) atoms. The van der Waals surface area contributed by atoms with Crippen LogP contribution in [0.4, 0.5) is 5.69 Å². The number of amides is 2. The minimum absolute atomic E-state index is 0.0578. The van der Waals surface area contributed by atoms with Gasteiger partial charge in [0.05, 0.1) is 5.54 Å². The molecule has 1 saturated carbocycles. The average molecular weight is 453 g/mol. The van der Waals surface area contributed by atoms with Crippen molar-refractivity contribution in [2.45, 2.75) is 58.0 Å². The Balaban J connectivity index is 0.00000136. The zero-order valence-corrected chi connectivity index (χ0v) is 18.7. The summed E-state index contributed by atoms with van der Waals surface area (Å²) in [5.74, 6) is -0.289. The van der Waals surface area contributed by atoms with E-state index >= 15 is 0 Å². The highest BCUT2D eigenvalue weighted by Crippen LogP contribution is 2.40. The van der Waals surface area contributed by atoms with Gasteiger partial charge in [-0.05, 0) is 50.3 Å². The van der Waals surface area contributed by atoms with Gasteiger partial charge < -0.3 is 21.3 Å². The first-order valence-electron chi connectivity index (χ1n) is 10.2. The number of hydrogen-bond donors (Lipinski definition) is 2. The van der Waals surface area contributed by atoms with Gasteiger partial charge in [-0.1, -0.05) is 35.8 Å². The normalized spacial score (nSPS) is 21.4. The molecule has 2 amide bonds. The maximum atomic E-state index is 12.6. The topological polar surface area (TPSA) is 92.7 Å². The lowest BCUT2D eigenvalue weighted by Crippen LogP contribution is -2.56. The highest BCUT2D eigenvalue weighted by Gasteiger charge is 2.46. The van der Waals surface area contributed by atoms with E-state index in [0.29, 0.717) is 19.5 Å². The molecule has 2 fully saturated rings. The van der Waals surface area contributed by atoms with Crippen molar-refractivity contribution in [3.05, 3.63) is 28.7 Å². The second-order valence-electron chi connectivity index (χ2n) is 7.54. The minimum atomic E-state index is -1.03. The Morgan fingerprint density at radius 3 is 2.46 bits per heavy atom. The molecule has 1 heterocycles. The van der Waals surface area contributed by atoms with Crippen molar-refractivity contribution in [3.8, 4) is 0 Å². The molecule has 1 aliphatic heterocycles. The maximum Gasteiger partial charge on any atom is 0.237 e. The van der Waals surface area contributed by atoms with Crippen LogP contribution in [-0.4, -0.2) is 47.9 Å². The summed E-state index contributed by atoms with van der Waals surface area (Å²) in [6.07, 6.45) is 2.47. The van der Waals surface area contributed by atoms with Crippen LogP contribution >= 0.6 is 15.9 Å². The van der Waals surface area contributed by atoms with E-state index < -0.39 is 11.4 Å². The second-order valence-corrected chi connectivity index (χ2v) is 8.46. The largest absolute Gasteiger partial charge is 0.368 e. The molecule has 0 radical (unpaired) electrons. The molecule has 2 aliphatic rings. The summed E-state index contributed by atoms with van der Waals surface area (Å²) in [5, 5.41) is 0. The van der Waals surface area contributed by atoms with Gasteiger partial charge in [-0.15, -0.1) is 0 Å². The van der Waals surface area contributed by atoms with E-state index in [0.717, 1.165) is 29.5 Å². The Bertz CT molecular complexity index is 695. The number of carbonyl (C=O) groups excluding carboxylic acids is 2. The van der Waals surface area contributed by atoms with Crippen molar-refractivity contribution in [2.75, 3.05) is 24.5 Å². The molecule has 6 nitrogen and oxygen atoms in total. The van der Waals surface area contributed by atoms with Crippen molar-refractivity contribution in [2.24, 2.45) is 17.4 Å². The minimum Gasteiger partial charge on any atom is -0.368 e. The summed E-state index contributed by atoms with van der Waals surface area (Å²) >= 11 is 3.51. The summed E-state index contributed by atoms with van der Waals surface area (Å²) < 4.78 is 1.05. The first-order valence-corrected chi connectivity index (χ1v) is 11.0. The van der Waals surface area contributed by atoms with Crippen LogP contribution < -0.4 is 16.4 Å². The number of piperazine rings is 1. The maximum absolute atomic E-state index is 12.6. The van der Waals surface area contributed by atoms with Gasteiger partial charge >= 0.3 is 0 Å². The van der Waals surface area contributed by atoms with E-state index in [1.54, 1.807) is 0 Å². The smallest absolute Gasteiger partial charge is 0.237 e. The fourth-order valence-corrected chi connectivity index (χ4v) is 4.21. The van der Waals surface area contributed by atoms with Crippen LogP contribution in [-0.2, 0) is 9.59 Å². The number of nitrogens with zero attached hydrogens (tertiary/aromatic N) is 2. The van der Waals surface area contributed by atoms with Crippen molar-refractivity contribution in [1.29, 1.82) is 0 Å². The van der Waals surface area contributed by atoms with Crippen molar-refractivity contribution >= 4 is 33.4 Å². The molecule has 0 spiro atoms. The van der Waals surface area contributed by atoms with Gasteiger partial charge in [0.1, 0.15) is 0 Å². The van der Waals surface area contributed by atoms with Crippen LogP contribution in [0.2, 0.25) is 0 Å². The Kier molecular flexibility index (Phi) is 7.89. The van der Waals surface area contributed by atoms with Gasteiger partial charge in [0.2, 0.25) is 11.8 Å². The van der Waals surface area contributed by atoms with Gasteiger partial charge in [0.25, 0.3) is 0 Å². The molecule has 1 aromatic rings. The summed E-state index contributed by atoms with van der Waals surface area (Å²) in [4.78, 5) is 28.6. The SMILES string of the molecule is CC.C[C@H]1CN(C(=O)CCC(N)(C(N)=O)C2CC2)CCN1c1cccc(Br)c1. The zero-order valence-electron chi connectivity index (χ0n) is 17.2. The van der Waals surface area contributed by atoms with Crippen LogP contribution in [0.5, 0.6) is 0 Å². The molecular weight excluding hydrogens is 420 g/mol. The predicted molar refractivity (Wildman–Crippen MR) is 117 cm³/mol. The predicted octanol–water partition coefficient (Wildman–Crippen LogP) is 2.89. The molecule has 2 atom stereocenters. The van der Waals surface area contributed by atoms with E-state index in [1.165, 1.54) is 0 Å². The third-order valence-corrected chi connectivity index (χ3v) is 6.13. The zero-order chi connectivity index (χ0) is 20.9.